The first-order chi connectivity index (χ1) is 36.5. The summed E-state index contributed by atoms with van der Waals surface area (Å²) in [6.45, 7) is 4.12. The Bertz CT molecular complexity index is 1590. The van der Waals surface area contributed by atoms with Gasteiger partial charge < -0.3 is 27.9 Å². The third kappa shape index (κ3) is 60.0. The average Bonchev–Trinajstić information content (AvgIpc) is 3.37. The number of rotatable bonds is 55. The number of allylic oxidation sites excluding steroid dienone is 16. The van der Waals surface area contributed by atoms with Crippen molar-refractivity contribution in [2.45, 2.75) is 258 Å². The predicted octanol–water partition coefficient (Wildman–Crippen LogP) is 18.6. The number of hydrogen-bond donors (Lipinski definition) is 0. The summed E-state index contributed by atoms with van der Waals surface area (Å²) >= 11 is 0. The average molecular weight is 1070 g/mol. The highest BCUT2D eigenvalue weighted by molar-refractivity contribution is 7.45. The molecule has 9 nitrogen and oxygen atoms in total. The zero-order valence-electron chi connectivity index (χ0n) is 49.0. The minimum atomic E-state index is -4.63. The summed E-state index contributed by atoms with van der Waals surface area (Å²) < 4.78 is 34.1. The molecular weight excluding hydrogens is 954 g/mol. The summed E-state index contributed by atoms with van der Waals surface area (Å²) in [5.74, 6) is -0.831. The van der Waals surface area contributed by atoms with Gasteiger partial charge in [-0.15, -0.1) is 0 Å². The van der Waals surface area contributed by atoms with Gasteiger partial charge in [0.1, 0.15) is 19.8 Å². The van der Waals surface area contributed by atoms with Gasteiger partial charge in [-0.2, -0.15) is 0 Å². The third-order valence-corrected chi connectivity index (χ3v) is 13.8. The maximum atomic E-state index is 12.8. The highest BCUT2D eigenvalue weighted by Gasteiger charge is 2.22. The Hall–Kier alpha value is -3.07. The van der Waals surface area contributed by atoms with Gasteiger partial charge in [0.25, 0.3) is 7.82 Å². The molecule has 75 heavy (non-hydrogen) atoms. The van der Waals surface area contributed by atoms with Crippen LogP contribution in [0.25, 0.3) is 0 Å². The van der Waals surface area contributed by atoms with Crippen LogP contribution < -0.4 is 4.89 Å². The molecule has 10 heteroatoms. The van der Waals surface area contributed by atoms with Crippen molar-refractivity contribution in [1.82, 2.24) is 0 Å². The molecule has 2 unspecified atom stereocenters. The number of likely N-dealkylation sites (N-methyl/N-ethyl adjacent to an activating group) is 1. The smallest absolute Gasteiger partial charge is 0.306 e. The number of nitrogens with zero attached hydrogens (tertiary/aromatic N) is 1. The van der Waals surface area contributed by atoms with Gasteiger partial charge in [0.2, 0.25) is 0 Å². The van der Waals surface area contributed by atoms with Crippen LogP contribution in [0.4, 0.5) is 0 Å². The molecule has 0 aromatic carbocycles. The second-order valence-corrected chi connectivity index (χ2v) is 22.8. The molecule has 0 aromatic heterocycles. The van der Waals surface area contributed by atoms with E-state index in [1.165, 1.54) is 128 Å². The molecule has 0 saturated heterocycles. The van der Waals surface area contributed by atoms with Crippen LogP contribution in [0.3, 0.4) is 0 Å². The zero-order valence-corrected chi connectivity index (χ0v) is 49.9. The Morgan fingerprint density at radius 2 is 0.760 bits per heavy atom. The van der Waals surface area contributed by atoms with Crippen LogP contribution in [0.5, 0.6) is 0 Å². The molecule has 0 radical (unpaired) electrons. The Balaban J connectivity index is 4.00. The Labute approximate surface area is 462 Å². The number of carbonyl (C=O) groups excluding carboxylic acids is 2. The molecule has 0 amide bonds. The van der Waals surface area contributed by atoms with Crippen molar-refractivity contribution in [3.63, 3.8) is 0 Å². The highest BCUT2D eigenvalue weighted by atomic mass is 31.2. The van der Waals surface area contributed by atoms with Crippen LogP contribution >= 0.6 is 7.82 Å². The number of ether oxygens (including phenoxy) is 2. The lowest BCUT2D eigenvalue weighted by Crippen LogP contribution is -2.37. The fourth-order valence-corrected chi connectivity index (χ4v) is 8.93. The molecule has 2 atom stereocenters. The maximum Gasteiger partial charge on any atom is 0.306 e. The zero-order chi connectivity index (χ0) is 54.9. The molecule has 0 heterocycles. The molecule has 0 fully saturated rings. The van der Waals surface area contributed by atoms with E-state index in [9.17, 15) is 19.0 Å². The normalized spacial score (nSPS) is 13.9. The van der Waals surface area contributed by atoms with Crippen molar-refractivity contribution in [3.8, 4) is 0 Å². The van der Waals surface area contributed by atoms with E-state index in [1.54, 1.807) is 0 Å². The number of carbonyl (C=O) groups is 2. The monoisotopic (exact) mass is 1070 g/mol. The van der Waals surface area contributed by atoms with Crippen LogP contribution in [0.1, 0.15) is 251 Å². The van der Waals surface area contributed by atoms with E-state index in [0.29, 0.717) is 17.4 Å². The van der Waals surface area contributed by atoms with Gasteiger partial charge in [0, 0.05) is 12.8 Å². The van der Waals surface area contributed by atoms with Crippen molar-refractivity contribution >= 4 is 19.8 Å². The summed E-state index contributed by atoms with van der Waals surface area (Å²) in [6, 6.07) is 0. The Kier molecular flexibility index (Phi) is 53.4. The molecule has 0 saturated carbocycles. The molecule has 0 bridgehead atoms. The summed E-state index contributed by atoms with van der Waals surface area (Å²) in [6.07, 6.45) is 76.1. The van der Waals surface area contributed by atoms with E-state index in [0.717, 1.165) is 89.9 Å². The molecule has 0 N–H and O–H groups in total. The van der Waals surface area contributed by atoms with E-state index in [4.69, 9.17) is 18.5 Å². The van der Waals surface area contributed by atoms with Crippen molar-refractivity contribution in [3.05, 3.63) is 97.2 Å². The van der Waals surface area contributed by atoms with Crippen LogP contribution in [-0.4, -0.2) is 70.0 Å². The predicted molar refractivity (Wildman–Crippen MR) is 319 cm³/mol. The SMILES string of the molecule is CC/C=C\C/C=C\C/C=C\C/C=C\C/C=C\C/C=C\C/C=C\C/C=C\CCCCCCCCCCCCCCCCC(=O)OC(COC(=O)CCCCCCCCCCCCCC)COP(=O)([O-])OCC[N+](C)(C)C. The van der Waals surface area contributed by atoms with Gasteiger partial charge in [-0.05, 0) is 77.0 Å². The van der Waals surface area contributed by atoms with E-state index in [2.05, 4.69) is 111 Å². The summed E-state index contributed by atoms with van der Waals surface area (Å²) in [5.41, 5.74) is 0. The van der Waals surface area contributed by atoms with Crippen molar-refractivity contribution in [2.24, 2.45) is 0 Å². The third-order valence-electron chi connectivity index (χ3n) is 12.9. The second kappa shape index (κ2) is 55.7. The van der Waals surface area contributed by atoms with Crippen LogP contribution in [-0.2, 0) is 32.7 Å². The van der Waals surface area contributed by atoms with Gasteiger partial charge in [-0.1, -0.05) is 259 Å². The maximum absolute atomic E-state index is 12.8. The van der Waals surface area contributed by atoms with Crippen molar-refractivity contribution < 1.29 is 42.1 Å². The summed E-state index contributed by atoms with van der Waals surface area (Å²) in [4.78, 5) is 37.8. The Morgan fingerprint density at radius 1 is 0.427 bits per heavy atom. The van der Waals surface area contributed by atoms with Crippen molar-refractivity contribution in [2.75, 3.05) is 47.5 Å². The van der Waals surface area contributed by atoms with Crippen LogP contribution in [0, 0.1) is 0 Å². The van der Waals surface area contributed by atoms with Gasteiger partial charge >= 0.3 is 11.9 Å². The van der Waals surface area contributed by atoms with E-state index < -0.39 is 26.5 Å². The lowest BCUT2D eigenvalue weighted by molar-refractivity contribution is -0.870. The molecule has 432 valence electrons. The number of unbranched alkanes of at least 4 members (excludes halogenated alkanes) is 25. The van der Waals surface area contributed by atoms with E-state index in [-0.39, 0.29) is 32.0 Å². The summed E-state index contributed by atoms with van der Waals surface area (Å²) in [5, 5.41) is 0. The number of phosphoric acid groups is 1. The number of phosphoric ester groups is 1. The first kappa shape index (κ1) is 71.9. The first-order valence-electron chi connectivity index (χ1n) is 30.4. The van der Waals surface area contributed by atoms with Gasteiger partial charge in [-0.25, -0.2) is 0 Å². The largest absolute Gasteiger partial charge is 0.756 e. The molecule has 0 aliphatic carbocycles. The fraction of sp³-hybridized carbons (Fsp3) is 0.723. The standard InChI is InChI=1S/C65H114NO8P/c1-6-8-10-12-14-16-18-20-21-22-23-24-25-26-27-28-29-30-31-32-33-34-35-36-37-38-39-40-41-42-43-44-45-46-48-50-52-54-56-58-65(68)74-63(62-73-75(69,70)72-60-59-66(3,4)5)61-71-64(67)57-55-53-51-49-47-19-17-15-13-11-9-7-2/h8,10,14,16,20-21,23-24,26-27,29-30,32-33,35-36,63H,6-7,9,11-13,15,17-19,22,25,28,31,34,37-62H2,1-5H3/b10-8-,16-14-,21-20-,24-23-,27-26-,30-29-,33-32-,36-35-. The molecule has 0 aliphatic rings. The Morgan fingerprint density at radius 3 is 1.13 bits per heavy atom. The lowest BCUT2D eigenvalue weighted by Gasteiger charge is -2.28. The number of esters is 2. The second-order valence-electron chi connectivity index (χ2n) is 21.3. The molecular formula is C65H114NO8P. The fourth-order valence-electron chi connectivity index (χ4n) is 8.20. The minimum absolute atomic E-state index is 0.0322. The van der Waals surface area contributed by atoms with Crippen LogP contribution in [0.15, 0.2) is 97.2 Å². The van der Waals surface area contributed by atoms with Crippen molar-refractivity contribution in [1.29, 1.82) is 0 Å². The lowest BCUT2D eigenvalue weighted by atomic mass is 10.0. The van der Waals surface area contributed by atoms with Gasteiger partial charge in [-0.3, -0.25) is 14.2 Å². The van der Waals surface area contributed by atoms with Gasteiger partial charge in [0.15, 0.2) is 6.10 Å². The first-order valence-corrected chi connectivity index (χ1v) is 31.9. The van der Waals surface area contributed by atoms with E-state index >= 15 is 0 Å². The number of quaternary nitrogens is 1. The molecule has 0 aromatic rings. The van der Waals surface area contributed by atoms with Crippen LogP contribution in [0.2, 0.25) is 0 Å². The highest BCUT2D eigenvalue weighted by Crippen LogP contribution is 2.38. The molecule has 0 spiro atoms. The molecule has 0 rings (SSSR count). The van der Waals surface area contributed by atoms with Gasteiger partial charge in [0.05, 0.1) is 27.7 Å². The molecule has 0 aliphatic heterocycles. The topological polar surface area (TPSA) is 111 Å². The van der Waals surface area contributed by atoms with E-state index in [1.807, 2.05) is 21.1 Å². The minimum Gasteiger partial charge on any atom is -0.756 e. The quantitative estimate of drug-likeness (QED) is 0.0195. The number of hydrogen-bond acceptors (Lipinski definition) is 8. The summed E-state index contributed by atoms with van der Waals surface area (Å²) in [7, 11) is 1.17.